The van der Waals surface area contributed by atoms with Gasteiger partial charge < -0.3 is 11.1 Å². The average Bonchev–Trinajstić information content (AvgIpc) is 2.28. The molecule has 4 heteroatoms. The largest absolute Gasteiger partial charge is 0.349 e. The molecule has 0 aliphatic heterocycles. The van der Waals surface area contributed by atoms with Gasteiger partial charge >= 0.3 is 0 Å². The first-order chi connectivity index (χ1) is 7.86. The minimum absolute atomic E-state index is 0.0209. The van der Waals surface area contributed by atoms with Crippen LogP contribution in [0.1, 0.15) is 32.4 Å². The van der Waals surface area contributed by atoms with E-state index in [1.165, 1.54) is 0 Å². The number of halogens is 1. The van der Waals surface area contributed by atoms with E-state index in [1.807, 2.05) is 45.0 Å². The number of nitrogens with two attached hydrogens (primary N) is 1. The first-order valence-corrected chi connectivity index (χ1v) is 6.42. The van der Waals surface area contributed by atoms with Crippen LogP contribution >= 0.6 is 15.9 Å². The molecule has 0 saturated heterocycles. The van der Waals surface area contributed by atoms with Crippen molar-refractivity contribution in [2.24, 2.45) is 11.1 Å². The molecule has 1 atom stereocenters. The molecule has 0 aliphatic rings. The molecule has 0 aliphatic carbocycles. The molecule has 1 amide bonds. The highest BCUT2D eigenvalue weighted by Gasteiger charge is 2.26. The van der Waals surface area contributed by atoms with Crippen molar-refractivity contribution in [3.8, 4) is 0 Å². The van der Waals surface area contributed by atoms with Crippen molar-refractivity contribution in [1.29, 1.82) is 0 Å². The molecule has 0 unspecified atom stereocenters. The van der Waals surface area contributed by atoms with E-state index in [0.717, 1.165) is 10.0 Å². The molecule has 0 aromatic heterocycles. The summed E-state index contributed by atoms with van der Waals surface area (Å²) < 4.78 is 1.01. The summed E-state index contributed by atoms with van der Waals surface area (Å²) in [5.41, 5.74) is 6.12. The Balaban J connectivity index is 2.73. The van der Waals surface area contributed by atoms with Gasteiger partial charge in [0.25, 0.3) is 0 Å². The van der Waals surface area contributed by atoms with Crippen molar-refractivity contribution in [3.63, 3.8) is 0 Å². The zero-order valence-electron chi connectivity index (χ0n) is 10.5. The predicted molar refractivity (Wildman–Crippen MR) is 73.5 cm³/mol. The maximum atomic E-state index is 12.0. The molecule has 0 radical (unpaired) electrons. The van der Waals surface area contributed by atoms with Gasteiger partial charge in [-0.15, -0.1) is 0 Å². The third kappa shape index (κ3) is 3.82. The Morgan fingerprint density at radius 3 is 2.71 bits per heavy atom. The van der Waals surface area contributed by atoms with E-state index in [0.29, 0.717) is 6.54 Å². The summed E-state index contributed by atoms with van der Waals surface area (Å²) in [6.07, 6.45) is 0. The second-order valence-electron chi connectivity index (χ2n) is 4.84. The van der Waals surface area contributed by atoms with E-state index in [4.69, 9.17) is 5.73 Å². The van der Waals surface area contributed by atoms with Gasteiger partial charge in [-0.25, -0.2) is 0 Å². The molecule has 0 bridgehead atoms. The summed E-state index contributed by atoms with van der Waals surface area (Å²) in [4.78, 5) is 12.0. The van der Waals surface area contributed by atoms with E-state index in [9.17, 15) is 4.79 Å². The number of benzene rings is 1. The summed E-state index contributed by atoms with van der Waals surface area (Å²) in [5.74, 6) is -0.0209. The van der Waals surface area contributed by atoms with Crippen LogP contribution in [0.4, 0.5) is 0 Å². The molecule has 1 aromatic rings. The molecule has 0 heterocycles. The standard InChI is InChI=1S/C13H19BrN2O/c1-9(10-5-4-6-11(14)7-10)16-12(17)13(2,3)8-15/h4-7,9H,8,15H2,1-3H3,(H,16,17)/t9-/m1/s1. The van der Waals surface area contributed by atoms with Crippen LogP contribution in [0.3, 0.4) is 0 Å². The van der Waals surface area contributed by atoms with Crippen molar-refractivity contribution in [1.82, 2.24) is 5.32 Å². The topological polar surface area (TPSA) is 55.1 Å². The number of carbonyl (C=O) groups is 1. The Kier molecular flexibility index (Phi) is 4.71. The molecule has 1 aromatic carbocycles. The highest BCUT2D eigenvalue weighted by Crippen LogP contribution is 2.20. The predicted octanol–water partition coefficient (Wildman–Crippen LogP) is 2.61. The van der Waals surface area contributed by atoms with E-state index in [2.05, 4.69) is 21.2 Å². The van der Waals surface area contributed by atoms with Crippen molar-refractivity contribution in [2.75, 3.05) is 6.54 Å². The lowest BCUT2D eigenvalue weighted by Crippen LogP contribution is -2.42. The van der Waals surface area contributed by atoms with Gasteiger partial charge in [0.1, 0.15) is 0 Å². The average molecular weight is 299 g/mol. The zero-order chi connectivity index (χ0) is 13.1. The fourth-order valence-electron chi connectivity index (χ4n) is 1.34. The minimum atomic E-state index is -0.528. The highest BCUT2D eigenvalue weighted by molar-refractivity contribution is 9.10. The molecule has 0 fully saturated rings. The van der Waals surface area contributed by atoms with Gasteiger partial charge in [0.05, 0.1) is 11.5 Å². The summed E-state index contributed by atoms with van der Waals surface area (Å²) in [6, 6.07) is 7.88. The number of nitrogens with one attached hydrogen (secondary N) is 1. The molecule has 1 rings (SSSR count). The Morgan fingerprint density at radius 1 is 1.53 bits per heavy atom. The van der Waals surface area contributed by atoms with Crippen LogP contribution in [-0.4, -0.2) is 12.5 Å². The van der Waals surface area contributed by atoms with Crippen LogP contribution < -0.4 is 11.1 Å². The second-order valence-corrected chi connectivity index (χ2v) is 5.75. The molecule has 94 valence electrons. The lowest BCUT2D eigenvalue weighted by Gasteiger charge is -2.24. The molecular formula is C13H19BrN2O. The maximum Gasteiger partial charge on any atom is 0.227 e. The molecule has 3 N–H and O–H groups in total. The maximum absolute atomic E-state index is 12.0. The number of hydrogen-bond acceptors (Lipinski definition) is 2. The number of amides is 1. The van der Waals surface area contributed by atoms with Crippen LogP contribution in [0.25, 0.3) is 0 Å². The molecule has 0 saturated carbocycles. The van der Waals surface area contributed by atoms with Crippen LogP contribution in [0.5, 0.6) is 0 Å². The second kappa shape index (κ2) is 5.65. The lowest BCUT2D eigenvalue weighted by molar-refractivity contribution is -0.129. The SMILES string of the molecule is C[C@@H](NC(=O)C(C)(C)CN)c1cccc(Br)c1. The number of carbonyl (C=O) groups excluding carboxylic acids is 1. The summed E-state index contributed by atoms with van der Waals surface area (Å²) >= 11 is 3.42. The normalized spacial score (nSPS) is 13.2. The van der Waals surface area contributed by atoms with Gasteiger partial charge in [-0.3, -0.25) is 4.79 Å². The minimum Gasteiger partial charge on any atom is -0.349 e. The van der Waals surface area contributed by atoms with E-state index < -0.39 is 5.41 Å². The summed E-state index contributed by atoms with van der Waals surface area (Å²) in [6.45, 7) is 5.99. The van der Waals surface area contributed by atoms with Gasteiger partial charge in [0.15, 0.2) is 0 Å². The van der Waals surface area contributed by atoms with E-state index in [1.54, 1.807) is 0 Å². The Hall–Kier alpha value is -0.870. The smallest absolute Gasteiger partial charge is 0.227 e. The van der Waals surface area contributed by atoms with Crippen LogP contribution in [0, 0.1) is 5.41 Å². The fraction of sp³-hybridized carbons (Fsp3) is 0.462. The first kappa shape index (κ1) is 14.2. The summed E-state index contributed by atoms with van der Waals surface area (Å²) in [7, 11) is 0. The van der Waals surface area contributed by atoms with E-state index >= 15 is 0 Å². The van der Waals surface area contributed by atoms with Crippen molar-refractivity contribution < 1.29 is 4.79 Å². The Bertz CT molecular complexity index is 404. The van der Waals surface area contributed by atoms with Gasteiger partial charge in [0.2, 0.25) is 5.91 Å². The van der Waals surface area contributed by atoms with Crippen LogP contribution in [0.2, 0.25) is 0 Å². The molecule has 17 heavy (non-hydrogen) atoms. The van der Waals surface area contributed by atoms with Crippen molar-refractivity contribution in [2.45, 2.75) is 26.8 Å². The lowest BCUT2D eigenvalue weighted by atomic mass is 9.92. The fourth-order valence-corrected chi connectivity index (χ4v) is 1.76. The Labute approximate surface area is 111 Å². The van der Waals surface area contributed by atoms with Crippen molar-refractivity contribution >= 4 is 21.8 Å². The van der Waals surface area contributed by atoms with E-state index in [-0.39, 0.29) is 11.9 Å². The molecular weight excluding hydrogens is 280 g/mol. The molecule has 0 spiro atoms. The number of rotatable bonds is 4. The van der Waals surface area contributed by atoms with Crippen LogP contribution in [0.15, 0.2) is 28.7 Å². The van der Waals surface area contributed by atoms with Crippen molar-refractivity contribution in [3.05, 3.63) is 34.3 Å². The molecule has 3 nitrogen and oxygen atoms in total. The highest BCUT2D eigenvalue weighted by atomic mass is 79.9. The van der Waals surface area contributed by atoms with Crippen LogP contribution in [-0.2, 0) is 4.79 Å². The van der Waals surface area contributed by atoms with Gasteiger partial charge in [-0.2, -0.15) is 0 Å². The Morgan fingerprint density at radius 2 is 2.18 bits per heavy atom. The third-order valence-electron chi connectivity index (χ3n) is 2.82. The third-order valence-corrected chi connectivity index (χ3v) is 3.31. The quantitative estimate of drug-likeness (QED) is 0.898. The monoisotopic (exact) mass is 298 g/mol. The van der Waals surface area contributed by atoms with Gasteiger partial charge in [-0.1, -0.05) is 28.1 Å². The summed E-state index contributed by atoms with van der Waals surface area (Å²) in [5, 5.41) is 2.97. The number of hydrogen-bond donors (Lipinski definition) is 2. The van der Waals surface area contributed by atoms with Gasteiger partial charge in [0, 0.05) is 11.0 Å². The van der Waals surface area contributed by atoms with Gasteiger partial charge in [-0.05, 0) is 38.5 Å². The zero-order valence-corrected chi connectivity index (χ0v) is 12.0. The first-order valence-electron chi connectivity index (χ1n) is 5.63.